The molecule has 0 unspecified atom stereocenters. The van der Waals surface area contributed by atoms with E-state index in [4.69, 9.17) is 5.73 Å². The Hall–Kier alpha value is -1.23. The Balaban J connectivity index is 2.13. The summed E-state index contributed by atoms with van der Waals surface area (Å²) in [5, 5.41) is 6.55. The quantitative estimate of drug-likeness (QED) is 0.870. The molecule has 1 aromatic heterocycles. The first-order valence-corrected chi connectivity index (χ1v) is 7.04. The van der Waals surface area contributed by atoms with Gasteiger partial charge in [-0.25, -0.2) is 4.98 Å². The molecule has 0 aliphatic carbocycles. The molecule has 0 bridgehead atoms. The first-order valence-electron chi connectivity index (χ1n) is 6.16. The fourth-order valence-electron chi connectivity index (χ4n) is 1.66. The minimum Gasteiger partial charge on any atom is -0.326 e. The Morgan fingerprint density at radius 1 is 1.39 bits per heavy atom. The standard InChI is InChI=1S/C14H19N3S/c1-10(2)16-8-13-9-18-14(17-13)12-5-3-4-11(6-12)7-15/h3-6,9-10,16H,7-8,15H2,1-2H3. The summed E-state index contributed by atoms with van der Waals surface area (Å²) >= 11 is 1.68. The summed E-state index contributed by atoms with van der Waals surface area (Å²) in [4.78, 5) is 4.64. The number of thiazole rings is 1. The summed E-state index contributed by atoms with van der Waals surface area (Å²) in [5.41, 5.74) is 9.05. The second kappa shape index (κ2) is 6.09. The van der Waals surface area contributed by atoms with E-state index in [2.05, 4.69) is 41.7 Å². The average Bonchev–Trinajstić information content (AvgIpc) is 2.85. The SMILES string of the molecule is CC(C)NCc1csc(-c2cccc(CN)c2)n1. The number of hydrogen-bond donors (Lipinski definition) is 2. The van der Waals surface area contributed by atoms with Gasteiger partial charge in [-0.15, -0.1) is 11.3 Å². The van der Waals surface area contributed by atoms with Crippen molar-refractivity contribution in [3.63, 3.8) is 0 Å². The van der Waals surface area contributed by atoms with Crippen LogP contribution in [0, 0.1) is 0 Å². The highest BCUT2D eigenvalue weighted by atomic mass is 32.1. The van der Waals surface area contributed by atoms with Crippen LogP contribution in [-0.2, 0) is 13.1 Å². The second-order valence-corrected chi connectivity index (χ2v) is 5.44. The summed E-state index contributed by atoms with van der Waals surface area (Å²) in [6.07, 6.45) is 0. The van der Waals surface area contributed by atoms with Crippen LogP contribution in [0.2, 0.25) is 0 Å². The van der Waals surface area contributed by atoms with E-state index in [1.54, 1.807) is 11.3 Å². The van der Waals surface area contributed by atoms with E-state index in [-0.39, 0.29) is 0 Å². The largest absolute Gasteiger partial charge is 0.326 e. The molecule has 0 saturated heterocycles. The van der Waals surface area contributed by atoms with E-state index in [1.807, 2.05) is 12.1 Å². The lowest BCUT2D eigenvalue weighted by atomic mass is 10.1. The third-order valence-corrected chi connectivity index (χ3v) is 3.59. The molecular weight excluding hydrogens is 242 g/mol. The zero-order valence-electron chi connectivity index (χ0n) is 10.8. The molecule has 1 heterocycles. The Morgan fingerprint density at radius 2 is 2.22 bits per heavy atom. The summed E-state index contributed by atoms with van der Waals surface area (Å²) in [6.45, 7) is 5.67. The summed E-state index contributed by atoms with van der Waals surface area (Å²) in [6, 6.07) is 8.75. The van der Waals surface area contributed by atoms with Gasteiger partial charge in [-0.3, -0.25) is 0 Å². The smallest absolute Gasteiger partial charge is 0.123 e. The molecule has 4 heteroatoms. The molecule has 3 N–H and O–H groups in total. The van der Waals surface area contributed by atoms with Crippen molar-refractivity contribution >= 4 is 11.3 Å². The summed E-state index contributed by atoms with van der Waals surface area (Å²) < 4.78 is 0. The van der Waals surface area contributed by atoms with Crippen molar-refractivity contribution in [3.05, 3.63) is 40.9 Å². The van der Waals surface area contributed by atoms with Gasteiger partial charge in [0, 0.05) is 30.1 Å². The van der Waals surface area contributed by atoms with Crippen LogP contribution in [0.15, 0.2) is 29.6 Å². The Kier molecular flexibility index (Phi) is 4.47. The van der Waals surface area contributed by atoms with Gasteiger partial charge in [0.2, 0.25) is 0 Å². The average molecular weight is 261 g/mol. The van der Waals surface area contributed by atoms with Crippen molar-refractivity contribution in [1.82, 2.24) is 10.3 Å². The van der Waals surface area contributed by atoms with E-state index in [0.717, 1.165) is 28.4 Å². The molecule has 2 aromatic rings. The highest BCUT2D eigenvalue weighted by molar-refractivity contribution is 7.13. The van der Waals surface area contributed by atoms with Crippen LogP contribution in [0.5, 0.6) is 0 Å². The fourth-order valence-corrected chi connectivity index (χ4v) is 2.48. The molecule has 3 nitrogen and oxygen atoms in total. The van der Waals surface area contributed by atoms with Crippen LogP contribution in [0.4, 0.5) is 0 Å². The van der Waals surface area contributed by atoms with Crippen molar-refractivity contribution < 1.29 is 0 Å². The van der Waals surface area contributed by atoms with Crippen LogP contribution in [-0.4, -0.2) is 11.0 Å². The number of benzene rings is 1. The van der Waals surface area contributed by atoms with Gasteiger partial charge in [-0.05, 0) is 11.6 Å². The maximum atomic E-state index is 5.66. The van der Waals surface area contributed by atoms with Crippen LogP contribution in [0.3, 0.4) is 0 Å². The highest BCUT2D eigenvalue weighted by Gasteiger charge is 2.05. The van der Waals surface area contributed by atoms with Crippen molar-refractivity contribution in [3.8, 4) is 10.6 Å². The van der Waals surface area contributed by atoms with Gasteiger partial charge in [0.25, 0.3) is 0 Å². The number of nitrogens with zero attached hydrogens (tertiary/aromatic N) is 1. The lowest BCUT2D eigenvalue weighted by molar-refractivity contribution is 0.583. The van der Waals surface area contributed by atoms with Crippen LogP contribution >= 0.6 is 11.3 Å². The van der Waals surface area contributed by atoms with Crippen molar-refractivity contribution in [2.24, 2.45) is 5.73 Å². The van der Waals surface area contributed by atoms with Crippen LogP contribution in [0.1, 0.15) is 25.1 Å². The lowest BCUT2D eigenvalue weighted by Crippen LogP contribution is -2.21. The number of nitrogens with one attached hydrogen (secondary N) is 1. The first kappa shape index (κ1) is 13.2. The molecule has 1 aromatic carbocycles. The van der Waals surface area contributed by atoms with Gasteiger partial charge in [0.05, 0.1) is 5.69 Å². The van der Waals surface area contributed by atoms with Crippen molar-refractivity contribution in [2.45, 2.75) is 33.0 Å². The van der Waals surface area contributed by atoms with Gasteiger partial charge in [-0.1, -0.05) is 32.0 Å². The van der Waals surface area contributed by atoms with Gasteiger partial charge < -0.3 is 11.1 Å². The molecule has 0 fully saturated rings. The number of nitrogens with two attached hydrogens (primary N) is 1. The molecule has 0 aliphatic heterocycles. The van der Waals surface area contributed by atoms with Crippen molar-refractivity contribution in [2.75, 3.05) is 0 Å². The minimum absolute atomic E-state index is 0.482. The van der Waals surface area contributed by atoms with Crippen LogP contribution in [0.25, 0.3) is 10.6 Å². The number of hydrogen-bond acceptors (Lipinski definition) is 4. The topological polar surface area (TPSA) is 50.9 Å². The van der Waals surface area contributed by atoms with E-state index in [0.29, 0.717) is 12.6 Å². The zero-order chi connectivity index (χ0) is 13.0. The molecule has 0 amide bonds. The molecule has 0 radical (unpaired) electrons. The minimum atomic E-state index is 0.482. The number of rotatable bonds is 5. The Morgan fingerprint density at radius 3 is 2.94 bits per heavy atom. The first-order chi connectivity index (χ1) is 8.69. The fraction of sp³-hybridized carbons (Fsp3) is 0.357. The van der Waals surface area contributed by atoms with E-state index >= 15 is 0 Å². The molecule has 0 saturated carbocycles. The predicted molar refractivity (Wildman–Crippen MR) is 77.4 cm³/mol. The van der Waals surface area contributed by atoms with Gasteiger partial charge >= 0.3 is 0 Å². The van der Waals surface area contributed by atoms with E-state index in [9.17, 15) is 0 Å². The van der Waals surface area contributed by atoms with Gasteiger partial charge in [-0.2, -0.15) is 0 Å². The zero-order valence-corrected chi connectivity index (χ0v) is 11.6. The highest BCUT2D eigenvalue weighted by Crippen LogP contribution is 2.24. The van der Waals surface area contributed by atoms with Gasteiger partial charge in [0.15, 0.2) is 0 Å². The molecular formula is C14H19N3S. The molecule has 2 rings (SSSR count). The van der Waals surface area contributed by atoms with Gasteiger partial charge in [0.1, 0.15) is 5.01 Å². The third-order valence-electron chi connectivity index (χ3n) is 2.65. The van der Waals surface area contributed by atoms with Crippen LogP contribution < -0.4 is 11.1 Å². The molecule has 96 valence electrons. The van der Waals surface area contributed by atoms with E-state index < -0.39 is 0 Å². The van der Waals surface area contributed by atoms with E-state index in [1.165, 1.54) is 0 Å². The Bertz CT molecular complexity index is 505. The molecule has 0 aliphatic rings. The monoisotopic (exact) mass is 261 g/mol. The normalized spacial score (nSPS) is 11.1. The summed E-state index contributed by atoms with van der Waals surface area (Å²) in [7, 11) is 0. The second-order valence-electron chi connectivity index (χ2n) is 4.58. The molecule has 18 heavy (non-hydrogen) atoms. The molecule has 0 atom stereocenters. The number of aromatic nitrogens is 1. The predicted octanol–water partition coefficient (Wildman–Crippen LogP) is 2.77. The maximum Gasteiger partial charge on any atom is 0.123 e. The molecule has 0 spiro atoms. The maximum absolute atomic E-state index is 5.66. The Labute approximate surface area is 112 Å². The third kappa shape index (κ3) is 3.38. The van der Waals surface area contributed by atoms with Crippen molar-refractivity contribution in [1.29, 1.82) is 0 Å². The summed E-state index contributed by atoms with van der Waals surface area (Å²) in [5.74, 6) is 0. The lowest BCUT2D eigenvalue weighted by Gasteiger charge is -2.04.